The molecule has 9 heteroatoms. The summed E-state index contributed by atoms with van der Waals surface area (Å²) >= 11 is 2.70. The molecule has 0 aliphatic carbocycles. The van der Waals surface area contributed by atoms with Gasteiger partial charge < -0.3 is 14.6 Å². The molecule has 0 fully saturated rings. The number of rotatable bonds is 8. The predicted molar refractivity (Wildman–Crippen MR) is 139 cm³/mol. The van der Waals surface area contributed by atoms with Gasteiger partial charge in [-0.3, -0.25) is 4.79 Å². The maximum atomic E-state index is 12.7. The number of aryl methyl sites for hydroxylation is 1. The van der Waals surface area contributed by atoms with Crippen molar-refractivity contribution in [1.82, 2.24) is 14.8 Å². The van der Waals surface area contributed by atoms with Crippen molar-refractivity contribution in [3.63, 3.8) is 0 Å². The van der Waals surface area contributed by atoms with Crippen LogP contribution in [0.4, 0.5) is 5.00 Å². The quantitative estimate of drug-likeness (QED) is 0.308. The molecule has 0 atom stereocenters. The second-order valence-electron chi connectivity index (χ2n) is 8.92. The van der Waals surface area contributed by atoms with Gasteiger partial charge in [0.15, 0.2) is 11.0 Å². The summed E-state index contributed by atoms with van der Waals surface area (Å²) in [5, 5.41) is 12.8. The van der Waals surface area contributed by atoms with Crippen molar-refractivity contribution >= 4 is 40.0 Å². The minimum atomic E-state index is -0.417. The van der Waals surface area contributed by atoms with Gasteiger partial charge in [-0.15, -0.1) is 21.5 Å². The van der Waals surface area contributed by atoms with Gasteiger partial charge in [-0.2, -0.15) is 0 Å². The molecule has 3 aromatic rings. The van der Waals surface area contributed by atoms with Crippen molar-refractivity contribution in [2.24, 2.45) is 0 Å². The predicted octanol–water partition coefficient (Wildman–Crippen LogP) is 5.85. The molecule has 0 bridgehead atoms. The van der Waals surface area contributed by atoms with E-state index in [1.165, 1.54) is 28.7 Å². The van der Waals surface area contributed by atoms with Crippen LogP contribution in [0.25, 0.3) is 11.4 Å². The molecule has 3 rings (SSSR count). The fourth-order valence-electron chi connectivity index (χ4n) is 3.47. The highest BCUT2D eigenvalue weighted by molar-refractivity contribution is 7.99. The molecule has 0 spiro atoms. The van der Waals surface area contributed by atoms with Gasteiger partial charge >= 0.3 is 5.97 Å². The zero-order valence-corrected chi connectivity index (χ0v) is 22.4. The summed E-state index contributed by atoms with van der Waals surface area (Å²) in [5.41, 5.74) is 3.59. The van der Waals surface area contributed by atoms with Crippen LogP contribution >= 0.6 is 23.1 Å². The van der Waals surface area contributed by atoms with E-state index in [4.69, 9.17) is 4.74 Å². The number of carbonyl (C=O) groups excluding carboxylic acids is 2. The molecule has 34 heavy (non-hydrogen) atoms. The second kappa shape index (κ2) is 10.7. The summed E-state index contributed by atoms with van der Waals surface area (Å²) in [4.78, 5) is 26.0. The Labute approximate surface area is 209 Å². The Hall–Kier alpha value is -2.65. The molecular weight excluding hydrogens is 468 g/mol. The number of hydrogen-bond donors (Lipinski definition) is 1. The molecule has 0 aliphatic heterocycles. The van der Waals surface area contributed by atoms with Gasteiger partial charge in [0.25, 0.3) is 0 Å². The molecule has 1 amide bonds. The zero-order chi connectivity index (χ0) is 25.0. The van der Waals surface area contributed by atoms with E-state index in [-0.39, 0.29) is 23.7 Å². The van der Waals surface area contributed by atoms with Gasteiger partial charge in [0.05, 0.1) is 17.9 Å². The van der Waals surface area contributed by atoms with Crippen LogP contribution < -0.4 is 5.32 Å². The number of aromatic nitrogens is 3. The number of carbonyl (C=O) groups is 2. The van der Waals surface area contributed by atoms with Crippen LogP contribution in [-0.4, -0.2) is 39.0 Å². The van der Waals surface area contributed by atoms with Crippen molar-refractivity contribution in [3.8, 4) is 11.4 Å². The Morgan fingerprint density at radius 1 is 1.12 bits per heavy atom. The molecule has 1 aromatic carbocycles. The second-order valence-corrected chi connectivity index (χ2v) is 11.1. The molecule has 1 N–H and O–H groups in total. The smallest absolute Gasteiger partial charge is 0.341 e. The Balaban J connectivity index is 1.72. The molecule has 7 nitrogen and oxygen atoms in total. The van der Waals surface area contributed by atoms with E-state index >= 15 is 0 Å². The van der Waals surface area contributed by atoms with E-state index in [0.29, 0.717) is 22.3 Å². The lowest BCUT2D eigenvalue weighted by atomic mass is 9.87. The average molecular weight is 501 g/mol. The summed E-state index contributed by atoms with van der Waals surface area (Å²) in [6, 6.07) is 8.37. The third-order valence-corrected chi connectivity index (χ3v) is 7.58. The summed E-state index contributed by atoms with van der Waals surface area (Å²) in [7, 11) is 0. The molecule has 2 heterocycles. The lowest BCUT2D eigenvalue weighted by molar-refractivity contribution is -0.113. The first-order valence-corrected chi connectivity index (χ1v) is 13.1. The van der Waals surface area contributed by atoms with Crippen molar-refractivity contribution in [2.45, 2.75) is 65.6 Å². The molecule has 0 saturated heterocycles. The zero-order valence-electron chi connectivity index (χ0n) is 20.8. The molecule has 2 aromatic heterocycles. The number of hydrogen-bond acceptors (Lipinski definition) is 7. The summed E-state index contributed by atoms with van der Waals surface area (Å²) in [6.07, 6.45) is 0. The normalized spacial score (nSPS) is 11.5. The molecule has 0 saturated carbocycles. The van der Waals surface area contributed by atoms with E-state index in [1.54, 1.807) is 6.92 Å². The monoisotopic (exact) mass is 500 g/mol. The SMILES string of the molecule is CCOC(=O)c1c(NC(=O)CSc2nnc(-c3ccc(C(C)(C)C)cc3)n2CC)sc(C)c1C. The Morgan fingerprint density at radius 2 is 1.79 bits per heavy atom. The minimum Gasteiger partial charge on any atom is -0.462 e. The van der Waals surface area contributed by atoms with Crippen LogP contribution in [0.3, 0.4) is 0 Å². The maximum Gasteiger partial charge on any atom is 0.341 e. The molecule has 0 radical (unpaired) electrons. The molecule has 0 unspecified atom stereocenters. The van der Waals surface area contributed by atoms with E-state index in [9.17, 15) is 9.59 Å². The van der Waals surface area contributed by atoms with Crippen LogP contribution in [0.15, 0.2) is 29.4 Å². The summed E-state index contributed by atoms with van der Waals surface area (Å²) in [6.45, 7) is 15.1. The number of amides is 1. The Kier molecular flexibility index (Phi) is 8.20. The highest BCUT2D eigenvalue weighted by Crippen LogP contribution is 2.33. The van der Waals surface area contributed by atoms with Gasteiger partial charge in [0, 0.05) is 17.0 Å². The molecule has 182 valence electrons. The first kappa shape index (κ1) is 26.0. The number of thioether (sulfide) groups is 1. The number of nitrogens with zero attached hydrogens (tertiary/aromatic N) is 3. The highest BCUT2D eigenvalue weighted by atomic mass is 32.2. The topological polar surface area (TPSA) is 86.1 Å². The maximum absolute atomic E-state index is 12.7. The first-order chi connectivity index (χ1) is 16.1. The number of benzene rings is 1. The fraction of sp³-hybridized carbons (Fsp3) is 0.440. The minimum absolute atomic E-state index is 0.0815. The van der Waals surface area contributed by atoms with Crippen molar-refractivity contribution in [3.05, 3.63) is 45.8 Å². The Bertz CT molecular complexity index is 1170. The summed E-state index contributed by atoms with van der Waals surface area (Å²) < 4.78 is 7.17. The van der Waals surface area contributed by atoms with Crippen LogP contribution in [0.5, 0.6) is 0 Å². The first-order valence-electron chi connectivity index (χ1n) is 11.3. The van der Waals surface area contributed by atoms with Crippen molar-refractivity contribution < 1.29 is 14.3 Å². The largest absolute Gasteiger partial charge is 0.462 e. The number of anilines is 1. The van der Waals surface area contributed by atoms with Gasteiger partial charge in [-0.05, 0) is 44.2 Å². The number of nitrogens with one attached hydrogen (secondary N) is 1. The number of ether oxygens (including phenoxy) is 1. The van der Waals surface area contributed by atoms with Crippen LogP contribution in [0, 0.1) is 13.8 Å². The fourth-order valence-corrected chi connectivity index (χ4v) is 5.34. The third-order valence-electron chi connectivity index (χ3n) is 5.49. The third kappa shape index (κ3) is 5.70. The van der Waals surface area contributed by atoms with Crippen molar-refractivity contribution in [1.29, 1.82) is 0 Å². The van der Waals surface area contributed by atoms with Gasteiger partial charge in [0.2, 0.25) is 5.91 Å². The summed E-state index contributed by atoms with van der Waals surface area (Å²) in [5.74, 6) is 0.304. The van der Waals surface area contributed by atoms with Gasteiger partial charge in [0.1, 0.15) is 5.00 Å². The lowest BCUT2D eigenvalue weighted by Gasteiger charge is -2.19. The van der Waals surface area contributed by atoms with Gasteiger partial charge in [-0.25, -0.2) is 4.79 Å². The van der Waals surface area contributed by atoms with Crippen LogP contribution in [-0.2, 0) is 21.5 Å². The van der Waals surface area contributed by atoms with Gasteiger partial charge in [-0.1, -0.05) is 56.8 Å². The van der Waals surface area contributed by atoms with E-state index in [1.807, 2.05) is 25.3 Å². The van der Waals surface area contributed by atoms with E-state index in [2.05, 4.69) is 60.6 Å². The molecule has 0 aliphatic rings. The Morgan fingerprint density at radius 3 is 2.38 bits per heavy atom. The van der Waals surface area contributed by atoms with E-state index in [0.717, 1.165) is 21.8 Å². The van der Waals surface area contributed by atoms with Crippen molar-refractivity contribution in [2.75, 3.05) is 17.7 Å². The number of esters is 1. The standard InChI is InChI=1S/C25H32N4O3S2/c1-8-29-21(17-10-12-18(13-11-17)25(5,6)7)27-28-24(29)33-14-19(30)26-22-20(23(31)32-9-2)15(3)16(4)34-22/h10-13H,8-9,14H2,1-7H3,(H,26,30). The van der Waals surface area contributed by atoms with E-state index < -0.39 is 5.97 Å². The molecular formula is C25H32N4O3S2. The number of thiophene rings is 1. The van der Waals surface area contributed by atoms with Crippen LogP contribution in [0.2, 0.25) is 0 Å². The average Bonchev–Trinajstić information content (AvgIpc) is 3.32. The lowest BCUT2D eigenvalue weighted by Crippen LogP contribution is -2.17. The highest BCUT2D eigenvalue weighted by Gasteiger charge is 2.23. The van der Waals surface area contributed by atoms with Crippen LogP contribution in [0.1, 0.15) is 61.0 Å².